The first-order valence-electron chi connectivity index (χ1n) is 8.45. The van der Waals surface area contributed by atoms with E-state index in [1.807, 2.05) is 54.3 Å². The smallest absolute Gasteiger partial charge is 0.261 e. The van der Waals surface area contributed by atoms with Gasteiger partial charge in [0.1, 0.15) is 11.5 Å². The second-order valence-corrected chi connectivity index (χ2v) is 5.93. The number of rotatable bonds is 8. The molecule has 0 radical (unpaired) electrons. The fourth-order valence-electron chi connectivity index (χ4n) is 2.61. The van der Waals surface area contributed by atoms with E-state index in [0.717, 1.165) is 24.2 Å². The highest BCUT2D eigenvalue weighted by Crippen LogP contribution is 2.28. The van der Waals surface area contributed by atoms with Crippen molar-refractivity contribution in [3.63, 3.8) is 0 Å². The summed E-state index contributed by atoms with van der Waals surface area (Å²) in [6.07, 6.45) is 2.17. The molecule has 1 saturated carbocycles. The average molecular weight is 325 g/mol. The second kappa shape index (κ2) is 7.86. The Morgan fingerprint density at radius 3 is 2.21 bits per heavy atom. The van der Waals surface area contributed by atoms with Crippen molar-refractivity contribution in [3.05, 3.63) is 60.2 Å². The molecule has 0 aliphatic heterocycles. The molecular formula is C20H23NO3. The molecule has 0 spiro atoms. The first-order chi connectivity index (χ1) is 11.8. The molecule has 0 saturated heterocycles. The molecule has 4 heteroatoms. The van der Waals surface area contributed by atoms with Gasteiger partial charge in [-0.15, -0.1) is 0 Å². The highest BCUT2D eigenvalue weighted by atomic mass is 16.5. The zero-order chi connectivity index (χ0) is 16.8. The number of carbonyl (C=O) groups is 1. The van der Waals surface area contributed by atoms with Crippen molar-refractivity contribution in [1.29, 1.82) is 0 Å². The summed E-state index contributed by atoms with van der Waals surface area (Å²) in [6.45, 7) is 3.30. The van der Waals surface area contributed by atoms with E-state index in [1.54, 1.807) is 0 Å². The van der Waals surface area contributed by atoms with Gasteiger partial charge in [0.15, 0.2) is 6.61 Å². The standard InChI is InChI=1S/C20H23NO3/c1-2-23-18-10-12-19(13-11-18)24-15-20(22)21(17-8-9-17)14-16-6-4-3-5-7-16/h3-7,10-13,17H,2,8-9,14-15H2,1H3. The third-order valence-electron chi connectivity index (χ3n) is 4.00. The van der Waals surface area contributed by atoms with Crippen molar-refractivity contribution in [2.24, 2.45) is 0 Å². The zero-order valence-corrected chi connectivity index (χ0v) is 14.0. The molecule has 0 heterocycles. The highest BCUT2D eigenvalue weighted by molar-refractivity contribution is 5.78. The molecule has 0 bridgehead atoms. The Labute approximate surface area is 143 Å². The monoisotopic (exact) mass is 325 g/mol. The van der Waals surface area contributed by atoms with Gasteiger partial charge < -0.3 is 14.4 Å². The fourth-order valence-corrected chi connectivity index (χ4v) is 2.61. The van der Waals surface area contributed by atoms with Crippen LogP contribution in [0.4, 0.5) is 0 Å². The Hall–Kier alpha value is -2.49. The van der Waals surface area contributed by atoms with Gasteiger partial charge in [-0.1, -0.05) is 30.3 Å². The van der Waals surface area contributed by atoms with Crippen molar-refractivity contribution in [2.75, 3.05) is 13.2 Å². The number of nitrogens with zero attached hydrogens (tertiary/aromatic N) is 1. The molecule has 0 unspecified atom stereocenters. The Balaban J connectivity index is 1.55. The molecule has 4 nitrogen and oxygen atoms in total. The van der Waals surface area contributed by atoms with E-state index in [4.69, 9.17) is 9.47 Å². The predicted molar refractivity (Wildman–Crippen MR) is 93.1 cm³/mol. The minimum atomic E-state index is 0.0373. The number of amides is 1. The van der Waals surface area contributed by atoms with Crippen LogP contribution in [0, 0.1) is 0 Å². The van der Waals surface area contributed by atoms with E-state index in [9.17, 15) is 4.79 Å². The number of hydrogen-bond acceptors (Lipinski definition) is 3. The molecule has 0 N–H and O–H groups in total. The maximum Gasteiger partial charge on any atom is 0.261 e. The largest absolute Gasteiger partial charge is 0.494 e. The van der Waals surface area contributed by atoms with E-state index >= 15 is 0 Å². The summed E-state index contributed by atoms with van der Waals surface area (Å²) in [6, 6.07) is 17.8. The van der Waals surface area contributed by atoms with Crippen molar-refractivity contribution in [1.82, 2.24) is 4.90 Å². The third kappa shape index (κ3) is 4.51. The van der Waals surface area contributed by atoms with Gasteiger partial charge in [-0.2, -0.15) is 0 Å². The molecule has 24 heavy (non-hydrogen) atoms. The Kier molecular flexibility index (Phi) is 5.36. The Morgan fingerprint density at radius 2 is 1.62 bits per heavy atom. The SMILES string of the molecule is CCOc1ccc(OCC(=O)N(Cc2ccccc2)C2CC2)cc1. The molecule has 1 aliphatic carbocycles. The van der Waals surface area contributed by atoms with Crippen LogP contribution in [0.15, 0.2) is 54.6 Å². The number of benzene rings is 2. The summed E-state index contributed by atoms with van der Waals surface area (Å²) in [4.78, 5) is 14.5. The van der Waals surface area contributed by atoms with Crippen molar-refractivity contribution >= 4 is 5.91 Å². The zero-order valence-electron chi connectivity index (χ0n) is 14.0. The van der Waals surface area contributed by atoms with Crippen LogP contribution in [0.1, 0.15) is 25.3 Å². The topological polar surface area (TPSA) is 38.8 Å². The molecule has 0 aromatic heterocycles. The fraction of sp³-hybridized carbons (Fsp3) is 0.350. The molecular weight excluding hydrogens is 302 g/mol. The van der Waals surface area contributed by atoms with Gasteiger partial charge in [-0.05, 0) is 49.6 Å². The Bertz CT molecular complexity index is 650. The van der Waals surface area contributed by atoms with Gasteiger partial charge >= 0.3 is 0 Å². The van der Waals surface area contributed by atoms with Crippen molar-refractivity contribution in [2.45, 2.75) is 32.4 Å². The lowest BCUT2D eigenvalue weighted by molar-refractivity contribution is -0.134. The van der Waals surface area contributed by atoms with Gasteiger partial charge in [0, 0.05) is 12.6 Å². The van der Waals surface area contributed by atoms with Crippen LogP contribution in [-0.4, -0.2) is 30.1 Å². The molecule has 1 amide bonds. The lowest BCUT2D eigenvalue weighted by atomic mass is 10.2. The highest BCUT2D eigenvalue weighted by Gasteiger charge is 2.32. The van der Waals surface area contributed by atoms with Gasteiger partial charge in [0.05, 0.1) is 6.61 Å². The Morgan fingerprint density at radius 1 is 1.00 bits per heavy atom. The minimum Gasteiger partial charge on any atom is -0.494 e. The first kappa shape index (κ1) is 16.4. The van der Waals surface area contributed by atoms with Gasteiger partial charge in [0.2, 0.25) is 0 Å². The van der Waals surface area contributed by atoms with E-state index in [2.05, 4.69) is 12.1 Å². The maximum atomic E-state index is 12.5. The quantitative estimate of drug-likeness (QED) is 0.743. The summed E-state index contributed by atoms with van der Waals surface area (Å²) in [7, 11) is 0. The number of carbonyl (C=O) groups excluding carboxylic acids is 1. The van der Waals surface area contributed by atoms with Crippen LogP contribution in [-0.2, 0) is 11.3 Å². The van der Waals surface area contributed by atoms with Crippen LogP contribution in [0.3, 0.4) is 0 Å². The molecule has 1 fully saturated rings. The van der Waals surface area contributed by atoms with Crippen LogP contribution in [0.25, 0.3) is 0 Å². The van der Waals surface area contributed by atoms with Gasteiger partial charge in [-0.3, -0.25) is 4.79 Å². The third-order valence-corrected chi connectivity index (χ3v) is 4.00. The van der Waals surface area contributed by atoms with Crippen LogP contribution in [0.2, 0.25) is 0 Å². The number of hydrogen-bond donors (Lipinski definition) is 0. The van der Waals surface area contributed by atoms with E-state index < -0.39 is 0 Å². The van der Waals surface area contributed by atoms with E-state index in [-0.39, 0.29) is 12.5 Å². The molecule has 126 valence electrons. The lowest BCUT2D eigenvalue weighted by Gasteiger charge is -2.22. The molecule has 2 aromatic carbocycles. The normalized spacial score (nSPS) is 13.4. The van der Waals surface area contributed by atoms with Crippen LogP contribution in [0.5, 0.6) is 11.5 Å². The van der Waals surface area contributed by atoms with Crippen LogP contribution < -0.4 is 9.47 Å². The summed E-state index contributed by atoms with van der Waals surface area (Å²) in [5, 5.41) is 0. The summed E-state index contributed by atoms with van der Waals surface area (Å²) >= 11 is 0. The lowest BCUT2D eigenvalue weighted by Crippen LogP contribution is -2.36. The predicted octanol–water partition coefficient (Wildman–Crippen LogP) is 3.66. The van der Waals surface area contributed by atoms with E-state index in [1.165, 1.54) is 0 Å². The number of ether oxygens (including phenoxy) is 2. The second-order valence-electron chi connectivity index (χ2n) is 5.93. The van der Waals surface area contributed by atoms with Crippen LogP contribution >= 0.6 is 0 Å². The average Bonchev–Trinajstić information content (AvgIpc) is 3.45. The summed E-state index contributed by atoms with van der Waals surface area (Å²) in [5.41, 5.74) is 1.15. The maximum absolute atomic E-state index is 12.5. The van der Waals surface area contributed by atoms with E-state index in [0.29, 0.717) is 24.9 Å². The minimum absolute atomic E-state index is 0.0373. The van der Waals surface area contributed by atoms with Gasteiger partial charge in [0.25, 0.3) is 5.91 Å². The summed E-state index contributed by atoms with van der Waals surface area (Å²) < 4.78 is 11.1. The molecule has 3 rings (SSSR count). The molecule has 0 atom stereocenters. The molecule has 2 aromatic rings. The summed E-state index contributed by atoms with van der Waals surface area (Å²) in [5.74, 6) is 1.53. The van der Waals surface area contributed by atoms with Gasteiger partial charge in [-0.25, -0.2) is 0 Å². The van der Waals surface area contributed by atoms with Crippen molar-refractivity contribution < 1.29 is 14.3 Å². The first-order valence-corrected chi connectivity index (χ1v) is 8.45. The van der Waals surface area contributed by atoms with Crippen molar-refractivity contribution in [3.8, 4) is 11.5 Å². The molecule has 1 aliphatic rings.